The smallest absolute Gasteiger partial charge is 0.164 e. The second-order valence-electron chi connectivity index (χ2n) is 4.24. The number of hydrogen-bond donors (Lipinski definition) is 0. The summed E-state index contributed by atoms with van der Waals surface area (Å²) in [6.07, 6.45) is 0. The summed E-state index contributed by atoms with van der Waals surface area (Å²) in [4.78, 5) is 9.12. The summed E-state index contributed by atoms with van der Waals surface area (Å²) < 4.78 is 2.99. The minimum Gasteiger partial charge on any atom is -0.279 e. The number of nitrogens with zero attached hydrogens (tertiary/aromatic N) is 3. The minimum absolute atomic E-state index is 0.344. The summed E-state index contributed by atoms with van der Waals surface area (Å²) in [5.74, 6) is 1.14. The van der Waals surface area contributed by atoms with Gasteiger partial charge in [-0.25, -0.2) is 9.97 Å². The number of aryl methyl sites for hydroxylation is 1. The molecule has 0 radical (unpaired) electrons. The molecule has 0 N–H and O–H groups in total. The highest BCUT2D eigenvalue weighted by Crippen LogP contribution is 2.27. The summed E-state index contributed by atoms with van der Waals surface area (Å²) >= 11 is 9.58. The Kier molecular flexibility index (Phi) is 3.29. The van der Waals surface area contributed by atoms with Gasteiger partial charge in [0, 0.05) is 10.2 Å². The highest BCUT2D eigenvalue weighted by atomic mass is 79.9. The summed E-state index contributed by atoms with van der Waals surface area (Å²) in [5.41, 5.74) is 3.65. The first kappa shape index (κ1) is 12.6. The lowest BCUT2D eigenvalue weighted by Gasteiger charge is -2.09. The zero-order valence-electron chi connectivity index (χ0n) is 10.3. The van der Waals surface area contributed by atoms with E-state index >= 15 is 0 Å². The average Bonchev–Trinajstić information content (AvgIpc) is 2.77. The van der Waals surface area contributed by atoms with E-state index in [2.05, 4.69) is 25.9 Å². The zero-order chi connectivity index (χ0) is 13.4. The molecule has 5 heteroatoms. The number of rotatable bonds is 2. The van der Waals surface area contributed by atoms with Gasteiger partial charge in [0.2, 0.25) is 0 Å². The van der Waals surface area contributed by atoms with Crippen molar-refractivity contribution in [3.8, 4) is 5.69 Å². The van der Waals surface area contributed by atoms with Crippen LogP contribution in [0.2, 0.25) is 0 Å². The molecule has 0 bridgehead atoms. The molecule has 0 aliphatic rings. The standard InChI is InChI=1S/C14H11BrClN3/c1-9-6-7-11-14(17-9)19(13(8-16)18-11)12-5-3-2-4-10(12)15/h2-7H,8H2,1H3. The van der Waals surface area contributed by atoms with Crippen molar-refractivity contribution in [3.63, 3.8) is 0 Å². The van der Waals surface area contributed by atoms with Gasteiger partial charge < -0.3 is 0 Å². The third-order valence-electron chi connectivity index (χ3n) is 2.93. The molecular formula is C14H11BrClN3. The number of pyridine rings is 1. The van der Waals surface area contributed by atoms with E-state index in [1.54, 1.807) is 0 Å². The monoisotopic (exact) mass is 335 g/mol. The van der Waals surface area contributed by atoms with E-state index in [4.69, 9.17) is 11.6 Å². The number of benzene rings is 1. The van der Waals surface area contributed by atoms with Crippen LogP contribution >= 0.6 is 27.5 Å². The van der Waals surface area contributed by atoms with E-state index < -0.39 is 0 Å². The fourth-order valence-electron chi connectivity index (χ4n) is 2.07. The number of fused-ring (bicyclic) bond motifs is 1. The third-order valence-corrected chi connectivity index (χ3v) is 3.84. The largest absolute Gasteiger partial charge is 0.279 e. The lowest BCUT2D eigenvalue weighted by molar-refractivity contribution is 0.962. The van der Waals surface area contributed by atoms with Crippen molar-refractivity contribution in [1.29, 1.82) is 0 Å². The van der Waals surface area contributed by atoms with Crippen molar-refractivity contribution in [2.45, 2.75) is 12.8 Å². The lowest BCUT2D eigenvalue weighted by atomic mass is 10.3. The Labute approximate surface area is 124 Å². The SMILES string of the molecule is Cc1ccc2nc(CCl)n(-c3ccccc3Br)c2n1. The first-order valence-electron chi connectivity index (χ1n) is 5.86. The van der Waals surface area contributed by atoms with Gasteiger partial charge >= 0.3 is 0 Å². The maximum absolute atomic E-state index is 6.02. The molecule has 3 nitrogen and oxygen atoms in total. The van der Waals surface area contributed by atoms with Crippen LogP contribution in [0, 0.1) is 6.92 Å². The van der Waals surface area contributed by atoms with E-state index in [1.807, 2.05) is 47.9 Å². The van der Waals surface area contributed by atoms with Gasteiger partial charge in [0.1, 0.15) is 11.3 Å². The Bertz CT molecular complexity index is 752. The molecule has 0 saturated carbocycles. The van der Waals surface area contributed by atoms with Crippen molar-refractivity contribution in [2.75, 3.05) is 0 Å². The van der Waals surface area contributed by atoms with Crippen LogP contribution in [0.1, 0.15) is 11.5 Å². The van der Waals surface area contributed by atoms with Crippen molar-refractivity contribution >= 4 is 38.7 Å². The zero-order valence-corrected chi connectivity index (χ0v) is 12.6. The maximum Gasteiger partial charge on any atom is 0.164 e. The molecule has 0 unspecified atom stereocenters. The molecule has 2 heterocycles. The van der Waals surface area contributed by atoms with Crippen molar-refractivity contribution in [1.82, 2.24) is 14.5 Å². The topological polar surface area (TPSA) is 30.7 Å². The summed E-state index contributed by atoms with van der Waals surface area (Å²) in [5, 5.41) is 0. The second kappa shape index (κ2) is 4.94. The molecule has 3 rings (SSSR count). The Morgan fingerprint density at radius 3 is 2.68 bits per heavy atom. The normalized spacial score (nSPS) is 11.1. The maximum atomic E-state index is 6.02. The predicted molar refractivity (Wildman–Crippen MR) is 80.9 cm³/mol. The molecule has 19 heavy (non-hydrogen) atoms. The Morgan fingerprint density at radius 1 is 1.16 bits per heavy atom. The Hall–Kier alpha value is -1.39. The van der Waals surface area contributed by atoms with Crippen LogP contribution in [-0.4, -0.2) is 14.5 Å². The molecule has 1 aromatic carbocycles. The van der Waals surface area contributed by atoms with Crippen LogP contribution in [0.25, 0.3) is 16.9 Å². The quantitative estimate of drug-likeness (QED) is 0.656. The van der Waals surface area contributed by atoms with E-state index in [9.17, 15) is 0 Å². The molecular weight excluding hydrogens is 326 g/mol. The van der Waals surface area contributed by atoms with Gasteiger partial charge in [0.05, 0.1) is 11.6 Å². The van der Waals surface area contributed by atoms with Crippen molar-refractivity contribution in [2.24, 2.45) is 0 Å². The molecule has 0 aliphatic carbocycles. The number of alkyl halides is 1. The molecule has 0 aliphatic heterocycles. The summed E-state index contributed by atoms with van der Waals surface area (Å²) in [6, 6.07) is 11.9. The number of aromatic nitrogens is 3. The van der Waals surface area contributed by atoms with Gasteiger partial charge in [-0.2, -0.15) is 0 Å². The average molecular weight is 337 g/mol. The number of halogens is 2. The first-order chi connectivity index (χ1) is 9.20. The predicted octanol–water partition coefficient (Wildman–Crippen LogP) is 4.23. The number of hydrogen-bond acceptors (Lipinski definition) is 2. The van der Waals surface area contributed by atoms with Crippen LogP contribution in [-0.2, 0) is 5.88 Å². The van der Waals surface area contributed by atoms with Gasteiger partial charge in [0.25, 0.3) is 0 Å². The Balaban J connectivity index is 2.38. The van der Waals surface area contributed by atoms with Crippen molar-refractivity contribution < 1.29 is 0 Å². The molecule has 0 atom stereocenters. The van der Waals surface area contributed by atoms with Gasteiger partial charge in [-0.15, -0.1) is 11.6 Å². The molecule has 0 fully saturated rings. The van der Waals surface area contributed by atoms with Crippen LogP contribution < -0.4 is 0 Å². The molecule has 2 aromatic heterocycles. The first-order valence-corrected chi connectivity index (χ1v) is 7.19. The fourth-order valence-corrected chi connectivity index (χ4v) is 2.72. The fraction of sp³-hybridized carbons (Fsp3) is 0.143. The van der Waals surface area contributed by atoms with Gasteiger partial charge in [-0.05, 0) is 47.1 Å². The number of para-hydroxylation sites is 1. The van der Waals surface area contributed by atoms with Crippen LogP contribution in [0.3, 0.4) is 0 Å². The van der Waals surface area contributed by atoms with Gasteiger partial charge in [-0.1, -0.05) is 12.1 Å². The van der Waals surface area contributed by atoms with Crippen LogP contribution in [0.4, 0.5) is 0 Å². The lowest BCUT2D eigenvalue weighted by Crippen LogP contribution is -2.01. The molecule has 96 valence electrons. The molecule has 0 saturated heterocycles. The summed E-state index contributed by atoms with van der Waals surface area (Å²) in [6.45, 7) is 1.97. The number of imidazole rings is 1. The summed E-state index contributed by atoms with van der Waals surface area (Å²) in [7, 11) is 0. The van der Waals surface area contributed by atoms with Crippen LogP contribution in [0.5, 0.6) is 0 Å². The molecule has 0 amide bonds. The van der Waals surface area contributed by atoms with Crippen LogP contribution in [0.15, 0.2) is 40.9 Å². The van der Waals surface area contributed by atoms with E-state index in [-0.39, 0.29) is 0 Å². The third kappa shape index (κ3) is 2.15. The van der Waals surface area contributed by atoms with Gasteiger partial charge in [0.15, 0.2) is 5.65 Å². The van der Waals surface area contributed by atoms with Gasteiger partial charge in [-0.3, -0.25) is 4.57 Å². The Morgan fingerprint density at radius 2 is 1.95 bits per heavy atom. The van der Waals surface area contributed by atoms with E-state index in [0.29, 0.717) is 5.88 Å². The highest BCUT2D eigenvalue weighted by Gasteiger charge is 2.14. The van der Waals surface area contributed by atoms with E-state index in [1.165, 1.54) is 0 Å². The van der Waals surface area contributed by atoms with Crippen molar-refractivity contribution in [3.05, 3.63) is 52.4 Å². The highest BCUT2D eigenvalue weighted by molar-refractivity contribution is 9.10. The second-order valence-corrected chi connectivity index (χ2v) is 5.37. The molecule has 0 spiro atoms. The minimum atomic E-state index is 0.344. The van der Waals surface area contributed by atoms with E-state index in [0.717, 1.165) is 32.8 Å². The molecule has 3 aromatic rings.